The van der Waals surface area contributed by atoms with Crippen molar-refractivity contribution in [2.75, 3.05) is 5.32 Å². The molecule has 1 unspecified atom stereocenters. The van der Waals surface area contributed by atoms with E-state index in [1.165, 1.54) is 12.1 Å². The molecule has 2 aromatic rings. The maximum Gasteiger partial charge on any atom is 0.147 e. The van der Waals surface area contributed by atoms with E-state index in [1.54, 1.807) is 12.1 Å². The molecule has 2 rings (SSSR count). The highest BCUT2D eigenvalue weighted by Crippen LogP contribution is 2.24. The molecule has 5 heteroatoms. The van der Waals surface area contributed by atoms with E-state index < -0.39 is 11.6 Å². The highest BCUT2D eigenvalue weighted by molar-refractivity contribution is 9.10. The molecule has 2 aromatic carbocycles. The summed E-state index contributed by atoms with van der Waals surface area (Å²) in [5.74, 6) is -1.38. The molecule has 0 saturated heterocycles. The molecule has 0 amide bonds. The molecule has 0 aliphatic heterocycles. The number of nitrogens with one attached hydrogen (secondary N) is 1. The first-order valence-electron chi connectivity index (χ1n) is 6.11. The molecule has 0 heterocycles. The molecule has 0 saturated carbocycles. The van der Waals surface area contributed by atoms with Crippen molar-refractivity contribution in [2.24, 2.45) is 0 Å². The minimum Gasteiger partial charge on any atom is -0.380 e. The van der Waals surface area contributed by atoms with Crippen LogP contribution < -0.4 is 5.32 Å². The third-order valence-corrected chi connectivity index (χ3v) is 3.45. The predicted molar refractivity (Wildman–Crippen MR) is 77.2 cm³/mol. The Morgan fingerprint density at radius 2 is 1.85 bits per heavy atom. The van der Waals surface area contributed by atoms with Crippen LogP contribution in [0.1, 0.15) is 12.5 Å². The molecule has 0 spiro atoms. The van der Waals surface area contributed by atoms with Crippen molar-refractivity contribution in [1.29, 1.82) is 0 Å². The Hall–Kier alpha value is -1.49. The minimum absolute atomic E-state index is 0.0818. The lowest BCUT2D eigenvalue weighted by molar-refractivity contribution is 0.593. The lowest BCUT2D eigenvalue weighted by Crippen LogP contribution is -2.19. The van der Waals surface area contributed by atoms with Gasteiger partial charge in [-0.25, -0.2) is 13.2 Å². The molecule has 1 nitrogen and oxygen atoms in total. The summed E-state index contributed by atoms with van der Waals surface area (Å²) in [4.78, 5) is 0. The Kier molecular flexibility index (Phi) is 4.70. The van der Waals surface area contributed by atoms with E-state index in [9.17, 15) is 13.2 Å². The van der Waals surface area contributed by atoms with Crippen LogP contribution in [-0.2, 0) is 6.42 Å². The van der Waals surface area contributed by atoms with Gasteiger partial charge in [-0.05, 0) is 53.0 Å². The second kappa shape index (κ2) is 6.31. The van der Waals surface area contributed by atoms with Crippen molar-refractivity contribution >= 4 is 21.6 Å². The fraction of sp³-hybridized carbons (Fsp3) is 0.200. The first-order valence-corrected chi connectivity index (χ1v) is 6.90. The van der Waals surface area contributed by atoms with Crippen LogP contribution in [0.5, 0.6) is 0 Å². The zero-order chi connectivity index (χ0) is 14.7. The number of hydrogen-bond donors (Lipinski definition) is 1. The van der Waals surface area contributed by atoms with Crippen molar-refractivity contribution in [3.8, 4) is 0 Å². The average molecular weight is 344 g/mol. The summed E-state index contributed by atoms with van der Waals surface area (Å²) in [6, 6.07) is 8.22. The van der Waals surface area contributed by atoms with Crippen molar-refractivity contribution in [2.45, 2.75) is 19.4 Å². The lowest BCUT2D eigenvalue weighted by atomic mass is 10.1. The molecular formula is C15H13BrF3N. The molecule has 20 heavy (non-hydrogen) atoms. The maximum absolute atomic E-state index is 13.7. The Balaban J connectivity index is 2.08. The van der Waals surface area contributed by atoms with Crippen LogP contribution >= 0.6 is 15.9 Å². The van der Waals surface area contributed by atoms with E-state index in [2.05, 4.69) is 21.2 Å². The summed E-state index contributed by atoms with van der Waals surface area (Å²) >= 11 is 2.92. The maximum atomic E-state index is 13.7. The van der Waals surface area contributed by atoms with Crippen molar-refractivity contribution in [3.05, 3.63) is 63.9 Å². The van der Waals surface area contributed by atoms with Gasteiger partial charge in [0.25, 0.3) is 0 Å². The topological polar surface area (TPSA) is 12.0 Å². The largest absolute Gasteiger partial charge is 0.380 e. The molecule has 0 aliphatic carbocycles. The lowest BCUT2D eigenvalue weighted by Gasteiger charge is -2.16. The van der Waals surface area contributed by atoms with Gasteiger partial charge in [-0.2, -0.15) is 0 Å². The van der Waals surface area contributed by atoms with E-state index in [0.29, 0.717) is 6.42 Å². The van der Waals surface area contributed by atoms with Gasteiger partial charge in [0.15, 0.2) is 0 Å². The molecule has 1 atom stereocenters. The molecule has 1 N–H and O–H groups in total. The van der Waals surface area contributed by atoms with Gasteiger partial charge in [0.2, 0.25) is 0 Å². The van der Waals surface area contributed by atoms with E-state index in [1.807, 2.05) is 6.92 Å². The third kappa shape index (κ3) is 3.76. The quantitative estimate of drug-likeness (QED) is 0.777. The molecule has 0 fully saturated rings. The first kappa shape index (κ1) is 14.9. The minimum atomic E-state index is -0.538. The Morgan fingerprint density at radius 3 is 2.55 bits per heavy atom. The standard InChI is InChI=1S/C15H13BrF3N/c1-9(5-10-3-2-4-11(17)6-10)20-15-8-13(18)12(16)7-14(15)19/h2-4,6-9,20H,5H2,1H3. The Labute approximate surface area is 123 Å². The van der Waals surface area contributed by atoms with Gasteiger partial charge in [-0.1, -0.05) is 12.1 Å². The highest BCUT2D eigenvalue weighted by atomic mass is 79.9. The van der Waals surface area contributed by atoms with Gasteiger partial charge in [-0.15, -0.1) is 0 Å². The normalized spacial score (nSPS) is 12.2. The van der Waals surface area contributed by atoms with Gasteiger partial charge >= 0.3 is 0 Å². The number of rotatable bonds is 4. The van der Waals surface area contributed by atoms with Crippen LogP contribution in [0.15, 0.2) is 40.9 Å². The fourth-order valence-electron chi connectivity index (χ4n) is 1.97. The van der Waals surface area contributed by atoms with Crippen molar-refractivity contribution in [1.82, 2.24) is 0 Å². The van der Waals surface area contributed by atoms with Crippen LogP contribution in [0, 0.1) is 17.5 Å². The fourth-order valence-corrected chi connectivity index (χ4v) is 2.28. The van der Waals surface area contributed by atoms with Crippen LogP contribution in [0.25, 0.3) is 0 Å². The summed E-state index contributed by atoms with van der Waals surface area (Å²) in [7, 11) is 0. The summed E-state index contributed by atoms with van der Waals surface area (Å²) in [5, 5.41) is 2.89. The number of benzene rings is 2. The van der Waals surface area contributed by atoms with Crippen molar-refractivity contribution in [3.63, 3.8) is 0 Å². The highest BCUT2D eigenvalue weighted by Gasteiger charge is 2.11. The van der Waals surface area contributed by atoms with Gasteiger partial charge in [-0.3, -0.25) is 0 Å². The summed E-state index contributed by atoms with van der Waals surface area (Å²) in [5.41, 5.74) is 0.887. The van der Waals surface area contributed by atoms with E-state index >= 15 is 0 Å². The SMILES string of the molecule is CC(Cc1cccc(F)c1)Nc1cc(F)c(Br)cc1F. The van der Waals surface area contributed by atoms with Crippen LogP contribution in [-0.4, -0.2) is 6.04 Å². The van der Waals surface area contributed by atoms with Gasteiger partial charge in [0.1, 0.15) is 17.5 Å². The van der Waals surface area contributed by atoms with Gasteiger partial charge in [0.05, 0.1) is 10.2 Å². The second-order valence-electron chi connectivity index (χ2n) is 4.63. The van der Waals surface area contributed by atoms with Crippen LogP contribution in [0.3, 0.4) is 0 Å². The number of anilines is 1. The van der Waals surface area contributed by atoms with Gasteiger partial charge < -0.3 is 5.32 Å². The molecule has 0 radical (unpaired) electrons. The summed E-state index contributed by atoms with van der Waals surface area (Å²) in [6.45, 7) is 1.82. The van der Waals surface area contributed by atoms with E-state index in [4.69, 9.17) is 0 Å². The monoisotopic (exact) mass is 343 g/mol. The first-order chi connectivity index (χ1) is 9.45. The van der Waals surface area contributed by atoms with E-state index in [-0.39, 0.29) is 22.0 Å². The predicted octanol–water partition coefficient (Wildman–Crippen LogP) is 4.91. The molecule has 0 aromatic heterocycles. The average Bonchev–Trinajstić information content (AvgIpc) is 2.36. The van der Waals surface area contributed by atoms with Crippen LogP contribution in [0.4, 0.5) is 18.9 Å². The number of hydrogen-bond acceptors (Lipinski definition) is 1. The third-order valence-electron chi connectivity index (χ3n) is 2.84. The zero-order valence-corrected chi connectivity index (χ0v) is 12.3. The van der Waals surface area contributed by atoms with E-state index in [0.717, 1.165) is 17.7 Å². The number of halogens is 4. The molecule has 106 valence electrons. The molecule has 0 bridgehead atoms. The zero-order valence-electron chi connectivity index (χ0n) is 10.8. The Morgan fingerprint density at radius 1 is 1.10 bits per heavy atom. The second-order valence-corrected chi connectivity index (χ2v) is 5.48. The smallest absolute Gasteiger partial charge is 0.147 e. The summed E-state index contributed by atoms with van der Waals surface area (Å²) < 4.78 is 40.2. The summed E-state index contributed by atoms with van der Waals surface area (Å²) in [6.07, 6.45) is 0.509. The molecular weight excluding hydrogens is 331 g/mol. The Bertz CT molecular complexity index is 616. The van der Waals surface area contributed by atoms with Crippen LogP contribution in [0.2, 0.25) is 0 Å². The molecule has 0 aliphatic rings. The van der Waals surface area contributed by atoms with Crippen molar-refractivity contribution < 1.29 is 13.2 Å². The van der Waals surface area contributed by atoms with Gasteiger partial charge in [0, 0.05) is 12.1 Å².